The molecule has 1 N–H and O–H groups in total. The van der Waals surface area contributed by atoms with Crippen LogP contribution in [-0.4, -0.2) is 81.7 Å². The van der Waals surface area contributed by atoms with Crippen LogP contribution in [0.4, 0.5) is 4.39 Å². The van der Waals surface area contributed by atoms with Gasteiger partial charge in [0.2, 0.25) is 0 Å². The van der Waals surface area contributed by atoms with E-state index in [1.165, 1.54) is 21.7 Å². The number of imidazole rings is 1. The number of aromatic nitrogens is 7. The molecule has 0 radical (unpaired) electrons. The number of ether oxygens (including phenoxy) is 1. The zero-order valence-electron chi connectivity index (χ0n) is 35.9. The summed E-state index contributed by atoms with van der Waals surface area (Å²) in [5, 5.41) is 10.2. The summed E-state index contributed by atoms with van der Waals surface area (Å²) in [5.74, 6) is -0.0738. The van der Waals surface area contributed by atoms with Crippen molar-refractivity contribution >= 4 is 26.5 Å². The molecular formula is C46H48FN9O6S. The van der Waals surface area contributed by atoms with Crippen LogP contribution >= 0.6 is 0 Å². The number of amides is 1. The zero-order valence-corrected chi connectivity index (χ0v) is 36.7. The van der Waals surface area contributed by atoms with Crippen molar-refractivity contribution in [2.75, 3.05) is 33.1 Å². The molecule has 1 unspecified atom stereocenters. The van der Waals surface area contributed by atoms with Crippen molar-refractivity contribution in [2.45, 2.75) is 75.8 Å². The molecule has 3 aromatic carbocycles. The number of H-pyrrole nitrogens is 1. The summed E-state index contributed by atoms with van der Waals surface area (Å²) < 4.78 is 49.5. The number of hydrogen-bond acceptors (Lipinski definition) is 9. The Labute approximate surface area is 362 Å². The minimum Gasteiger partial charge on any atom is -0.381 e. The number of nitrogens with one attached hydrogen (secondary N) is 1. The normalized spacial score (nSPS) is 21.1. The number of carbonyl (C=O) groups is 1. The molecule has 1 amide bonds. The quantitative estimate of drug-likeness (QED) is 0.176. The molecule has 10 rings (SSSR count). The topological polar surface area (TPSA) is 168 Å². The minimum absolute atomic E-state index is 0.0215. The molecule has 63 heavy (non-hydrogen) atoms. The van der Waals surface area contributed by atoms with Gasteiger partial charge in [0.05, 0.1) is 32.8 Å². The third-order valence-corrected chi connectivity index (χ3v) is 15.4. The lowest BCUT2D eigenvalue weighted by atomic mass is 9.91. The molecule has 2 fully saturated rings. The van der Waals surface area contributed by atoms with Gasteiger partial charge in [-0.25, -0.2) is 27.2 Å². The fourth-order valence-corrected chi connectivity index (χ4v) is 10.8. The van der Waals surface area contributed by atoms with Crippen LogP contribution in [0.5, 0.6) is 0 Å². The van der Waals surface area contributed by atoms with Crippen molar-refractivity contribution in [2.24, 2.45) is 10.3 Å². The van der Waals surface area contributed by atoms with Gasteiger partial charge >= 0.3 is 11.4 Å². The number of hydrogen-bond donors (Lipinski definition) is 1. The van der Waals surface area contributed by atoms with Gasteiger partial charge < -0.3 is 14.2 Å². The van der Waals surface area contributed by atoms with Crippen LogP contribution in [0.2, 0.25) is 0 Å². The standard InChI is InChI=1S/C46H48FN9O6S/c1-26-21-34(22-27(2)40(26)47)56-41(54-18-17-53(45(54)59)33-8-10-35(11-9-33)63(6,60)48-5)39-29(4)52(16-13-36(39)50-56)42(57)38-24-32-23-31(30-14-19-61-20-15-30)7-12-37(32)55(38)46(25-28(46)3)43-49-44(58)62-51-43/h7-12,17-18,21-24,28-30H,13-16,19-20,25H2,1-6H3,(H,49,51,58)/t28-,29-,46-,63?/m0/s1. The molecule has 1 aliphatic carbocycles. The Morgan fingerprint density at radius 2 is 1.67 bits per heavy atom. The first kappa shape index (κ1) is 40.7. The smallest absolute Gasteiger partial charge is 0.381 e. The van der Waals surface area contributed by atoms with E-state index >= 15 is 9.18 Å². The molecule has 15 nitrogen and oxygen atoms in total. The van der Waals surface area contributed by atoms with Crippen molar-refractivity contribution < 1.29 is 22.7 Å². The van der Waals surface area contributed by atoms with E-state index in [0.717, 1.165) is 23.7 Å². The molecular weight excluding hydrogens is 826 g/mol. The van der Waals surface area contributed by atoms with Crippen molar-refractivity contribution in [1.82, 2.24) is 38.5 Å². The maximum absolute atomic E-state index is 15.4. The predicted molar refractivity (Wildman–Crippen MR) is 234 cm³/mol. The first-order valence-electron chi connectivity index (χ1n) is 21.2. The van der Waals surface area contributed by atoms with E-state index in [9.17, 15) is 13.8 Å². The third kappa shape index (κ3) is 6.45. The number of halogens is 1. The molecule has 0 bridgehead atoms. The highest BCUT2D eigenvalue weighted by molar-refractivity contribution is 7.93. The number of nitrogens with zero attached hydrogens (tertiary/aromatic N) is 8. The van der Waals surface area contributed by atoms with Crippen LogP contribution in [0.1, 0.15) is 89.3 Å². The summed E-state index contributed by atoms with van der Waals surface area (Å²) in [6.45, 7) is 9.12. The molecule has 0 spiro atoms. The second-order valence-electron chi connectivity index (χ2n) is 17.3. The number of fused-ring (bicyclic) bond motifs is 2. The average molecular weight is 874 g/mol. The Morgan fingerprint density at radius 1 is 0.968 bits per heavy atom. The van der Waals surface area contributed by atoms with E-state index in [1.54, 1.807) is 73.6 Å². The lowest BCUT2D eigenvalue weighted by molar-refractivity contribution is 0.0663. The minimum atomic E-state index is -2.59. The van der Waals surface area contributed by atoms with Crippen molar-refractivity contribution in [1.29, 1.82) is 0 Å². The van der Waals surface area contributed by atoms with Crippen LogP contribution in [-0.2, 0) is 26.4 Å². The van der Waals surface area contributed by atoms with E-state index in [2.05, 4.69) is 39.6 Å². The highest BCUT2D eigenvalue weighted by atomic mass is 32.2. The van der Waals surface area contributed by atoms with Crippen LogP contribution in [0.15, 0.2) is 96.4 Å². The van der Waals surface area contributed by atoms with Gasteiger partial charge in [0, 0.05) is 73.2 Å². The van der Waals surface area contributed by atoms with Crippen molar-refractivity contribution in [3.8, 4) is 17.2 Å². The molecule has 7 aromatic rings. The third-order valence-electron chi connectivity index (χ3n) is 13.5. The maximum Gasteiger partial charge on any atom is 0.438 e. The van der Waals surface area contributed by atoms with Gasteiger partial charge in [0.25, 0.3) is 5.91 Å². The van der Waals surface area contributed by atoms with E-state index in [4.69, 9.17) is 14.4 Å². The van der Waals surface area contributed by atoms with E-state index in [0.29, 0.717) is 94.5 Å². The fraction of sp³-hybridized carbons (Fsp3) is 0.370. The fourth-order valence-electron chi connectivity index (χ4n) is 9.91. The Bertz CT molecular complexity index is 3210. The number of benzene rings is 3. The molecule has 3 aliphatic rings. The van der Waals surface area contributed by atoms with Gasteiger partial charge in [-0.1, -0.05) is 18.1 Å². The van der Waals surface area contributed by atoms with E-state index in [1.807, 2.05) is 22.5 Å². The lowest BCUT2D eigenvalue weighted by Crippen LogP contribution is -2.41. The average Bonchev–Trinajstić information content (AvgIpc) is 3.78. The van der Waals surface area contributed by atoms with Gasteiger partial charge in [0.15, 0.2) is 5.82 Å². The van der Waals surface area contributed by atoms with Crippen molar-refractivity contribution in [3.63, 3.8) is 0 Å². The van der Waals surface area contributed by atoms with Crippen molar-refractivity contribution in [3.05, 3.63) is 139 Å². The van der Waals surface area contributed by atoms with E-state index in [-0.39, 0.29) is 17.6 Å². The zero-order chi connectivity index (χ0) is 44.1. The first-order chi connectivity index (χ1) is 30.2. The van der Waals surface area contributed by atoms with E-state index < -0.39 is 32.8 Å². The highest BCUT2D eigenvalue weighted by Crippen LogP contribution is 2.56. The summed E-state index contributed by atoms with van der Waals surface area (Å²) in [5.41, 5.74) is 4.60. The van der Waals surface area contributed by atoms with Gasteiger partial charge in [-0.2, -0.15) is 5.10 Å². The number of carbonyl (C=O) groups excluding carboxylic acids is 1. The Morgan fingerprint density at radius 3 is 2.32 bits per heavy atom. The molecule has 1 saturated carbocycles. The van der Waals surface area contributed by atoms with Crippen LogP contribution < -0.4 is 11.4 Å². The Kier molecular flexibility index (Phi) is 9.63. The predicted octanol–water partition coefficient (Wildman–Crippen LogP) is 6.72. The molecule has 4 atom stereocenters. The first-order valence-corrected chi connectivity index (χ1v) is 23.1. The maximum atomic E-state index is 15.4. The molecule has 6 heterocycles. The number of aromatic amines is 1. The van der Waals surface area contributed by atoms with Crippen LogP contribution in [0.3, 0.4) is 0 Å². The molecule has 326 valence electrons. The van der Waals surface area contributed by atoms with Gasteiger partial charge in [-0.3, -0.25) is 23.4 Å². The summed E-state index contributed by atoms with van der Waals surface area (Å²) >= 11 is 0. The van der Waals surface area contributed by atoms with Gasteiger partial charge in [0.1, 0.15) is 22.9 Å². The largest absolute Gasteiger partial charge is 0.438 e. The van der Waals surface area contributed by atoms with Crippen LogP contribution in [0.25, 0.3) is 28.1 Å². The number of aryl methyl sites for hydroxylation is 2. The number of rotatable bonds is 8. The SMILES string of the molecule is CN=S(C)(=O)c1ccc(-n2ccn(-c3c4c(nn3-c3cc(C)c(F)c(C)c3)CCN(C(=O)c3cc5cc(C6CCOCC6)ccc5n3[C@@]3(c5noc(=O)[nH]5)C[C@@H]3C)[C@H]4C)c2=O)cc1. The summed E-state index contributed by atoms with van der Waals surface area (Å²) in [4.78, 5) is 47.6. The Hall–Kier alpha value is -6.33. The summed E-state index contributed by atoms with van der Waals surface area (Å²) in [6, 6.07) is 18.0. The molecule has 17 heteroatoms. The summed E-state index contributed by atoms with van der Waals surface area (Å²) in [7, 11) is -1.07. The highest BCUT2D eigenvalue weighted by Gasteiger charge is 2.59. The lowest BCUT2D eigenvalue weighted by Gasteiger charge is -2.34. The molecule has 2 aliphatic heterocycles. The summed E-state index contributed by atoms with van der Waals surface area (Å²) in [6.07, 6.45) is 7.72. The molecule has 1 saturated heterocycles. The Balaban J connectivity index is 1.11. The van der Waals surface area contributed by atoms with Crippen LogP contribution in [0, 0.1) is 25.6 Å². The second kappa shape index (κ2) is 14.9. The molecule has 4 aromatic heterocycles. The van der Waals surface area contributed by atoms with Gasteiger partial charge in [-0.05, 0) is 123 Å². The van der Waals surface area contributed by atoms with Gasteiger partial charge in [-0.15, -0.1) is 0 Å². The second-order valence-corrected chi connectivity index (χ2v) is 19.7. The monoisotopic (exact) mass is 873 g/mol.